The van der Waals surface area contributed by atoms with Gasteiger partial charge >= 0.3 is 0 Å². The van der Waals surface area contributed by atoms with Crippen LogP contribution in [-0.2, 0) is 13.2 Å². The summed E-state index contributed by atoms with van der Waals surface area (Å²) in [5.74, 6) is 1.57. The number of benzene rings is 3. The predicted octanol–water partition coefficient (Wildman–Crippen LogP) is 6.88. The van der Waals surface area contributed by atoms with Gasteiger partial charge < -0.3 is 14.0 Å². The number of unbranched alkanes of at least 4 members (excludes halogenated alkanes) is 1. The zero-order valence-corrected chi connectivity index (χ0v) is 23.2. The fourth-order valence-electron chi connectivity index (χ4n) is 4.37. The molecule has 2 heterocycles. The van der Waals surface area contributed by atoms with E-state index in [9.17, 15) is 0 Å². The van der Waals surface area contributed by atoms with E-state index in [0.29, 0.717) is 24.1 Å². The summed E-state index contributed by atoms with van der Waals surface area (Å²) in [5, 5.41) is 14.1. The number of anilines is 1. The number of aryl methyl sites for hydroxylation is 2. The normalized spacial score (nSPS) is 11.5. The van der Waals surface area contributed by atoms with E-state index in [-0.39, 0.29) is 0 Å². The highest BCUT2D eigenvalue weighted by molar-refractivity contribution is 9.10. The molecule has 9 heteroatoms. The molecule has 0 radical (unpaired) electrons. The zero-order valence-electron chi connectivity index (χ0n) is 21.6. The second-order valence-corrected chi connectivity index (χ2v) is 9.87. The minimum Gasteiger partial charge on any atom is -0.493 e. The van der Waals surface area contributed by atoms with Crippen LogP contribution >= 0.6 is 15.9 Å². The third-order valence-corrected chi connectivity index (χ3v) is 6.79. The topological polar surface area (TPSA) is 86.5 Å². The molecule has 0 aliphatic carbocycles. The van der Waals surface area contributed by atoms with Crippen LogP contribution in [0.15, 0.2) is 70.2 Å². The summed E-state index contributed by atoms with van der Waals surface area (Å²) in [4.78, 5) is 4.73. The van der Waals surface area contributed by atoms with Gasteiger partial charge in [0, 0.05) is 11.9 Å². The number of fused-ring (bicyclic) bond motifs is 3. The van der Waals surface area contributed by atoms with Gasteiger partial charge in [0.1, 0.15) is 12.1 Å². The molecule has 0 unspecified atom stereocenters. The molecule has 5 aromatic rings. The van der Waals surface area contributed by atoms with Gasteiger partial charge in [-0.1, -0.05) is 61.4 Å². The maximum atomic E-state index is 6.07. The molecule has 0 aliphatic rings. The van der Waals surface area contributed by atoms with Crippen molar-refractivity contribution in [2.24, 2.45) is 5.10 Å². The van der Waals surface area contributed by atoms with Crippen molar-refractivity contribution in [3.8, 4) is 11.5 Å². The zero-order chi connectivity index (χ0) is 26.5. The Morgan fingerprint density at radius 3 is 2.76 bits per heavy atom. The van der Waals surface area contributed by atoms with Gasteiger partial charge in [0.25, 0.3) is 5.95 Å². The van der Waals surface area contributed by atoms with Crippen LogP contribution in [0.3, 0.4) is 0 Å². The van der Waals surface area contributed by atoms with Crippen LogP contribution in [0.5, 0.6) is 11.5 Å². The molecule has 0 fully saturated rings. The maximum absolute atomic E-state index is 6.07. The van der Waals surface area contributed by atoms with Gasteiger partial charge in [-0.05, 0) is 58.6 Å². The van der Waals surface area contributed by atoms with Gasteiger partial charge in [-0.25, -0.2) is 5.43 Å². The lowest BCUT2D eigenvalue weighted by atomic mass is 10.1. The molecule has 8 nitrogen and oxygen atoms in total. The van der Waals surface area contributed by atoms with Gasteiger partial charge in [0.2, 0.25) is 0 Å². The second kappa shape index (κ2) is 11.6. The number of hydrogen-bond donors (Lipinski definition) is 1. The molecule has 0 amide bonds. The summed E-state index contributed by atoms with van der Waals surface area (Å²) >= 11 is 3.61. The molecule has 38 heavy (non-hydrogen) atoms. The number of hydrazone groups is 1. The number of aromatic nitrogens is 4. The predicted molar refractivity (Wildman–Crippen MR) is 155 cm³/mol. The van der Waals surface area contributed by atoms with E-state index < -0.39 is 0 Å². The summed E-state index contributed by atoms with van der Waals surface area (Å²) in [5.41, 5.74) is 8.72. The third kappa shape index (κ3) is 5.47. The Morgan fingerprint density at radius 1 is 1.08 bits per heavy atom. The van der Waals surface area contributed by atoms with Gasteiger partial charge in [-0.3, -0.25) is 0 Å². The van der Waals surface area contributed by atoms with Crippen molar-refractivity contribution in [2.45, 2.75) is 39.8 Å². The molecule has 194 valence electrons. The average Bonchev–Trinajstić information content (AvgIpc) is 3.24. The average molecular weight is 573 g/mol. The molecule has 0 aliphatic heterocycles. The van der Waals surface area contributed by atoms with E-state index in [0.717, 1.165) is 57.1 Å². The molecule has 0 saturated heterocycles. The van der Waals surface area contributed by atoms with Crippen molar-refractivity contribution in [3.05, 3.63) is 81.8 Å². The van der Waals surface area contributed by atoms with Crippen molar-refractivity contribution >= 4 is 50.2 Å². The number of nitrogens with zero attached hydrogens (tertiary/aromatic N) is 5. The fraction of sp³-hybridized carbons (Fsp3) is 0.241. The smallest absolute Gasteiger partial charge is 0.265 e. The number of halogens is 1. The molecular formula is C29H29BrN6O2. The lowest BCUT2D eigenvalue weighted by Crippen LogP contribution is -2.03. The number of methoxy groups -OCH3 is 1. The molecule has 1 N–H and O–H groups in total. The van der Waals surface area contributed by atoms with Gasteiger partial charge in [0.15, 0.2) is 17.1 Å². The lowest BCUT2D eigenvalue weighted by Gasteiger charge is -2.14. The summed E-state index contributed by atoms with van der Waals surface area (Å²) in [6.07, 6.45) is 3.83. The van der Waals surface area contributed by atoms with E-state index in [2.05, 4.69) is 79.3 Å². The van der Waals surface area contributed by atoms with Crippen molar-refractivity contribution < 1.29 is 9.47 Å². The van der Waals surface area contributed by atoms with Crippen molar-refractivity contribution in [1.29, 1.82) is 0 Å². The second-order valence-electron chi connectivity index (χ2n) is 9.01. The highest BCUT2D eigenvalue weighted by atomic mass is 79.9. The molecule has 5 rings (SSSR count). The van der Waals surface area contributed by atoms with E-state index in [4.69, 9.17) is 14.5 Å². The molecule has 0 bridgehead atoms. The first-order chi connectivity index (χ1) is 18.6. The van der Waals surface area contributed by atoms with E-state index in [1.165, 1.54) is 5.56 Å². The SMILES string of the molecule is CCCCn1c2ccccc2c2nnc(N/N=C/c3cc(Br)c(OCc4cccc(C)c4)c(OC)c3)nc21. The standard InChI is InChI=1S/C29H29BrN6O2/c1-4-5-13-36-24-12-7-6-11-22(24)26-28(36)32-29(35-33-26)34-31-17-21-15-23(30)27(25(16-21)37-3)38-18-20-10-8-9-19(2)14-20/h6-12,14-17H,4-5,13,18H2,1-3H3,(H,32,34,35)/b31-17+. The van der Waals surface area contributed by atoms with E-state index in [1.54, 1.807) is 13.3 Å². The van der Waals surface area contributed by atoms with Crippen LogP contribution in [-0.4, -0.2) is 33.1 Å². The number of ether oxygens (including phenoxy) is 2. The number of hydrogen-bond acceptors (Lipinski definition) is 7. The Kier molecular flexibility index (Phi) is 7.83. The van der Waals surface area contributed by atoms with Crippen LogP contribution < -0.4 is 14.9 Å². The van der Waals surface area contributed by atoms with Crippen LogP contribution in [0.4, 0.5) is 5.95 Å². The highest BCUT2D eigenvalue weighted by Gasteiger charge is 2.15. The van der Waals surface area contributed by atoms with Crippen LogP contribution in [0.2, 0.25) is 0 Å². The van der Waals surface area contributed by atoms with Crippen LogP contribution in [0, 0.1) is 6.92 Å². The Morgan fingerprint density at radius 2 is 1.95 bits per heavy atom. The molecular weight excluding hydrogens is 544 g/mol. The van der Waals surface area contributed by atoms with E-state index >= 15 is 0 Å². The minimum atomic E-state index is 0.332. The van der Waals surface area contributed by atoms with Crippen molar-refractivity contribution in [1.82, 2.24) is 19.7 Å². The van der Waals surface area contributed by atoms with Gasteiger partial charge in [0.05, 0.1) is 23.3 Å². The molecule has 2 aromatic heterocycles. The van der Waals surface area contributed by atoms with Crippen LogP contribution in [0.25, 0.3) is 22.1 Å². The Hall–Kier alpha value is -3.98. The maximum Gasteiger partial charge on any atom is 0.265 e. The molecule has 0 spiro atoms. The molecule has 3 aromatic carbocycles. The first-order valence-electron chi connectivity index (χ1n) is 12.5. The Labute approximate surface area is 229 Å². The Bertz CT molecular complexity index is 1610. The monoisotopic (exact) mass is 572 g/mol. The minimum absolute atomic E-state index is 0.332. The Balaban J connectivity index is 1.35. The van der Waals surface area contributed by atoms with E-state index in [1.807, 2.05) is 36.4 Å². The largest absolute Gasteiger partial charge is 0.493 e. The van der Waals surface area contributed by atoms with Crippen LogP contribution in [0.1, 0.15) is 36.5 Å². The fourth-order valence-corrected chi connectivity index (χ4v) is 4.94. The number of nitrogens with one attached hydrogen (secondary N) is 1. The summed E-state index contributed by atoms with van der Waals surface area (Å²) in [7, 11) is 1.62. The number of rotatable bonds is 10. The third-order valence-electron chi connectivity index (χ3n) is 6.20. The first-order valence-corrected chi connectivity index (χ1v) is 13.3. The first kappa shape index (κ1) is 25.7. The quantitative estimate of drug-likeness (QED) is 0.145. The lowest BCUT2D eigenvalue weighted by molar-refractivity contribution is 0.282. The summed E-state index contributed by atoms with van der Waals surface area (Å²) < 4.78 is 14.6. The van der Waals surface area contributed by atoms with Crippen molar-refractivity contribution in [2.75, 3.05) is 12.5 Å². The highest BCUT2D eigenvalue weighted by Crippen LogP contribution is 2.37. The summed E-state index contributed by atoms with van der Waals surface area (Å²) in [6.45, 7) is 5.55. The summed E-state index contributed by atoms with van der Waals surface area (Å²) in [6, 6.07) is 20.2. The van der Waals surface area contributed by atoms with Gasteiger partial charge in [-0.15, -0.1) is 10.2 Å². The van der Waals surface area contributed by atoms with Gasteiger partial charge in [-0.2, -0.15) is 10.1 Å². The molecule has 0 atom stereocenters. The molecule has 0 saturated carbocycles. The number of para-hydroxylation sites is 1. The van der Waals surface area contributed by atoms with Crippen molar-refractivity contribution in [3.63, 3.8) is 0 Å².